The number of para-hydroxylation sites is 1. The number of fused-ring (bicyclic) bond motifs is 1. The minimum absolute atomic E-state index is 0.270. The zero-order chi connectivity index (χ0) is 16.8. The van der Waals surface area contributed by atoms with Gasteiger partial charge in [-0.3, -0.25) is 14.6 Å². The maximum atomic E-state index is 13.0. The van der Waals surface area contributed by atoms with E-state index in [4.69, 9.17) is 4.74 Å². The molecule has 2 aliphatic heterocycles. The maximum absolute atomic E-state index is 13.0. The van der Waals surface area contributed by atoms with E-state index in [1.807, 2.05) is 6.07 Å². The minimum Gasteiger partial charge on any atom is -0.467 e. The molecule has 3 atom stereocenters. The molecule has 2 aliphatic rings. The van der Waals surface area contributed by atoms with Crippen LogP contribution in [0.5, 0.6) is 0 Å². The molecule has 120 valence electrons. The molecule has 23 heavy (non-hydrogen) atoms. The van der Waals surface area contributed by atoms with Gasteiger partial charge in [-0.25, -0.2) is 9.69 Å². The molecular weight excluding hydrogens is 296 g/mol. The van der Waals surface area contributed by atoms with Crippen LogP contribution in [-0.2, 0) is 19.1 Å². The number of benzene rings is 1. The number of imide groups is 1. The number of anilines is 1. The van der Waals surface area contributed by atoms with Crippen LogP contribution >= 0.6 is 0 Å². The molecule has 6 heteroatoms. The lowest BCUT2D eigenvalue weighted by Crippen LogP contribution is -2.51. The summed E-state index contributed by atoms with van der Waals surface area (Å²) in [6.07, 6.45) is 1.44. The average molecular weight is 314 g/mol. The van der Waals surface area contributed by atoms with Gasteiger partial charge in [0.25, 0.3) is 0 Å². The molecule has 0 aromatic heterocycles. The minimum atomic E-state index is -1.34. The molecule has 2 amide bonds. The summed E-state index contributed by atoms with van der Waals surface area (Å²) in [6, 6.07) is 8.72. The summed E-state index contributed by atoms with van der Waals surface area (Å²) in [7, 11) is 1.27. The number of hydrogen-bond donors (Lipinski definition) is 0. The standard InChI is InChI=1S/C17H18N2O4/c1-10(2)17(16(22)23-3)13-12(9-18-17)14(20)19(15(13)21)11-7-5-4-6-8-11/h4-10,12-13H,1-3H3/t12-,13+,17+/m1/s1. The van der Waals surface area contributed by atoms with Gasteiger partial charge in [-0.05, 0) is 18.1 Å². The van der Waals surface area contributed by atoms with Crippen molar-refractivity contribution in [2.24, 2.45) is 22.7 Å². The zero-order valence-electron chi connectivity index (χ0n) is 13.2. The lowest BCUT2D eigenvalue weighted by atomic mass is 9.73. The third-order valence-corrected chi connectivity index (χ3v) is 4.68. The summed E-state index contributed by atoms with van der Waals surface area (Å²) in [4.78, 5) is 43.5. The summed E-state index contributed by atoms with van der Waals surface area (Å²) in [5, 5.41) is 0. The number of nitrogens with zero attached hydrogens (tertiary/aromatic N) is 2. The molecule has 1 saturated heterocycles. The Balaban J connectivity index is 2.08. The largest absolute Gasteiger partial charge is 0.467 e. The predicted octanol–water partition coefficient (Wildman–Crippen LogP) is 1.44. The highest BCUT2D eigenvalue weighted by Crippen LogP contribution is 2.46. The van der Waals surface area contributed by atoms with Gasteiger partial charge in [0.05, 0.1) is 24.6 Å². The van der Waals surface area contributed by atoms with Crippen molar-refractivity contribution in [3.8, 4) is 0 Å². The Kier molecular flexibility index (Phi) is 3.55. The number of rotatable bonds is 3. The first-order valence-corrected chi connectivity index (χ1v) is 7.51. The monoisotopic (exact) mass is 314 g/mol. The van der Waals surface area contributed by atoms with Crippen LogP contribution in [0.25, 0.3) is 0 Å². The van der Waals surface area contributed by atoms with E-state index in [-0.39, 0.29) is 11.8 Å². The third kappa shape index (κ3) is 1.94. The molecule has 3 rings (SSSR count). The Morgan fingerprint density at radius 3 is 2.43 bits per heavy atom. The summed E-state index contributed by atoms with van der Waals surface area (Å²) in [6.45, 7) is 3.61. The van der Waals surface area contributed by atoms with E-state index >= 15 is 0 Å². The molecule has 1 aromatic rings. The van der Waals surface area contributed by atoms with Crippen molar-refractivity contribution in [3.63, 3.8) is 0 Å². The summed E-state index contributed by atoms with van der Waals surface area (Å²) < 4.78 is 4.90. The van der Waals surface area contributed by atoms with E-state index in [1.54, 1.807) is 38.1 Å². The SMILES string of the molecule is COC(=O)[C@@]1(C(C)C)N=C[C@H]2C(=O)N(c3ccccc3)C(=O)[C@H]21. The van der Waals surface area contributed by atoms with E-state index in [0.717, 1.165) is 4.90 Å². The molecule has 0 unspecified atom stereocenters. The number of esters is 1. The lowest BCUT2D eigenvalue weighted by molar-refractivity contribution is -0.153. The van der Waals surface area contributed by atoms with Crippen LogP contribution in [0.1, 0.15) is 13.8 Å². The number of methoxy groups -OCH3 is 1. The van der Waals surface area contributed by atoms with E-state index in [1.165, 1.54) is 13.3 Å². The molecule has 0 aliphatic carbocycles. The van der Waals surface area contributed by atoms with Gasteiger partial charge in [-0.15, -0.1) is 0 Å². The summed E-state index contributed by atoms with van der Waals surface area (Å²) in [5.41, 5.74) is -0.830. The maximum Gasteiger partial charge on any atom is 0.334 e. The Morgan fingerprint density at radius 1 is 1.22 bits per heavy atom. The van der Waals surface area contributed by atoms with Crippen LogP contribution in [0.3, 0.4) is 0 Å². The van der Waals surface area contributed by atoms with Crippen molar-refractivity contribution >= 4 is 29.7 Å². The van der Waals surface area contributed by atoms with Gasteiger partial charge in [-0.1, -0.05) is 32.0 Å². The van der Waals surface area contributed by atoms with Crippen LogP contribution < -0.4 is 4.90 Å². The van der Waals surface area contributed by atoms with Crippen LogP contribution in [-0.4, -0.2) is 36.6 Å². The van der Waals surface area contributed by atoms with Gasteiger partial charge < -0.3 is 4.74 Å². The van der Waals surface area contributed by atoms with Gasteiger partial charge in [0, 0.05) is 6.21 Å². The number of aliphatic imine (C=N–C) groups is 1. The Bertz CT molecular complexity index is 698. The van der Waals surface area contributed by atoms with Gasteiger partial charge in [0.1, 0.15) is 0 Å². The third-order valence-electron chi connectivity index (χ3n) is 4.68. The number of carbonyl (C=O) groups excluding carboxylic acids is 3. The molecular formula is C17H18N2O4. The second kappa shape index (κ2) is 5.30. The Labute approximate surface area is 134 Å². The molecule has 6 nitrogen and oxygen atoms in total. The molecule has 0 bridgehead atoms. The smallest absolute Gasteiger partial charge is 0.334 e. The molecule has 2 heterocycles. The van der Waals surface area contributed by atoms with Crippen LogP contribution in [0.4, 0.5) is 5.69 Å². The second-order valence-corrected chi connectivity index (χ2v) is 6.10. The fraction of sp³-hybridized carbons (Fsp3) is 0.412. The van der Waals surface area contributed by atoms with Gasteiger partial charge >= 0.3 is 5.97 Å². The molecule has 1 fully saturated rings. The fourth-order valence-electron chi connectivity index (χ4n) is 3.51. The highest BCUT2D eigenvalue weighted by Gasteiger charge is 2.65. The molecule has 0 N–H and O–H groups in total. The van der Waals surface area contributed by atoms with Crippen molar-refractivity contribution in [3.05, 3.63) is 30.3 Å². The first kappa shape index (κ1) is 15.4. The molecule has 0 saturated carbocycles. The average Bonchev–Trinajstić information content (AvgIpc) is 3.06. The van der Waals surface area contributed by atoms with Crippen LogP contribution in [0.2, 0.25) is 0 Å². The predicted molar refractivity (Wildman–Crippen MR) is 84.0 cm³/mol. The number of amides is 2. The molecule has 1 aromatic carbocycles. The Hall–Kier alpha value is -2.50. The number of ether oxygens (including phenoxy) is 1. The van der Waals surface area contributed by atoms with Gasteiger partial charge in [0.2, 0.25) is 11.8 Å². The quantitative estimate of drug-likeness (QED) is 0.625. The first-order chi connectivity index (χ1) is 10.9. The van der Waals surface area contributed by atoms with Crippen molar-refractivity contribution in [1.82, 2.24) is 0 Å². The second-order valence-electron chi connectivity index (χ2n) is 6.10. The zero-order valence-corrected chi connectivity index (χ0v) is 13.2. The normalized spacial score (nSPS) is 29.3. The van der Waals surface area contributed by atoms with Crippen molar-refractivity contribution in [2.75, 3.05) is 12.0 Å². The van der Waals surface area contributed by atoms with Crippen molar-refractivity contribution in [1.29, 1.82) is 0 Å². The van der Waals surface area contributed by atoms with E-state index in [9.17, 15) is 14.4 Å². The highest BCUT2D eigenvalue weighted by molar-refractivity contribution is 6.28. The Morgan fingerprint density at radius 2 is 1.87 bits per heavy atom. The topological polar surface area (TPSA) is 76.0 Å². The highest BCUT2D eigenvalue weighted by atomic mass is 16.5. The van der Waals surface area contributed by atoms with Crippen molar-refractivity contribution in [2.45, 2.75) is 19.4 Å². The van der Waals surface area contributed by atoms with Gasteiger partial charge in [-0.2, -0.15) is 0 Å². The van der Waals surface area contributed by atoms with Crippen LogP contribution in [0, 0.1) is 17.8 Å². The molecule has 0 radical (unpaired) electrons. The number of hydrogen-bond acceptors (Lipinski definition) is 5. The fourth-order valence-corrected chi connectivity index (χ4v) is 3.51. The van der Waals surface area contributed by atoms with E-state index < -0.39 is 29.3 Å². The van der Waals surface area contributed by atoms with E-state index in [0.29, 0.717) is 5.69 Å². The molecule has 0 spiro atoms. The summed E-state index contributed by atoms with van der Waals surface area (Å²) >= 11 is 0. The first-order valence-electron chi connectivity index (χ1n) is 7.51. The van der Waals surface area contributed by atoms with Gasteiger partial charge in [0.15, 0.2) is 5.54 Å². The van der Waals surface area contributed by atoms with Crippen LogP contribution in [0.15, 0.2) is 35.3 Å². The van der Waals surface area contributed by atoms with E-state index in [2.05, 4.69) is 4.99 Å². The van der Waals surface area contributed by atoms with Crippen molar-refractivity contribution < 1.29 is 19.1 Å². The lowest BCUT2D eigenvalue weighted by Gasteiger charge is -2.32. The number of carbonyl (C=O) groups is 3. The summed E-state index contributed by atoms with van der Waals surface area (Å²) in [5.74, 6) is -3.16.